The van der Waals surface area contributed by atoms with E-state index in [1.807, 2.05) is 6.07 Å². The van der Waals surface area contributed by atoms with E-state index in [9.17, 15) is 14.4 Å². The van der Waals surface area contributed by atoms with Gasteiger partial charge in [-0.1, -0.05) is 0 Å². The lowest BCUT2D eigenvalue weighted by Gasteiger charge is -2.34. The van der Waals surface area contributed by atoms with Gasteiger partial charge in [0, 0.05) is 24.5 Å². The molecule has 1 aromatic carbocycles. The van der Waals surface area contributed by atoms with Crippen molar-refractivity contribution < 1.29 is 14.3 Å². The number of rotatable bonds is 5. The Hall–Kier alpha value is -3.69. The maximum Gasteiger partial charge on any atom is 0.352 e. The number of ether oxygens (including phenoxy) is 1. The average molecular weight is 424 g/mol. The van der Waals surface area contributed by atoms with E-state index in [0.29, 0.717) is 17.3 Å². The summed E-state index contributed by atoms with van der Waals surface area (Å²) in [7, 11) is 1.30. The molecule has 162 valence electrons. The predicted octanol–water partition coefficient (Wildman–Crippen LogP) is 1.70. The molecule has 0 aliphatic carbocycles. The van der Waals surface area contributed by atoms with Crippen LogP contribution in [0.3, 0.4) is 0 Å². The Morgan fingerprint density at radius 1 is 1.19 bits per heavy atom. The number of anilines is 2. The Morgan fingerprint density at radius 3 is 2.68 bits per heavy atom. The van der Waals surface area contributed by atoms with Crippen molar-refractivity contribution in [2.75, 3.05) is 23.9 Å². The minimum atomic E-state index is -0.458. The van der Waals surface area contributed by atoms with Crippen LogP contribution in [0.4, 0.5) is 11.5 Å². The van der Waals surface area contributed by atoms with Crippen LogP contribution in [0.1, 0.15) is 36.5 Å². The summed E-state index contributed by atoms with van der Waals surface area (Å²) < 4.78 is 7.06. The second-order valence-corrected chi connectivity index (χ2v) is 7.55. The highest BCUT2D eigenvalue weighted by atomic mass is 16.5. The summed E-state index contributed by atoms with van der Waals surface area (Å²) in [4.78, 5) is 43.2. The van der Waals surface area contributed by atoms with Crippen LogP contribution in [0.25, 0.3) is 5.78 Å². The second-order valence-electron chi connectivity index (χ2n) is 7.55. The first kappa shape index (κ1) is 20.6. The van der Waals surface area contributed by atoms with E-state index in [-0.39, 0.29) is 12.3 Å². The first-order valence-corrected chi connectivity index (χ1v) is 10.2. The molecule has 10 nitrogen and oxygen atoms in total. The van der Waals surface area contributed by atoms with Crippen LogP contribution in [0, 0.1) is 0 Å². The number of hydrogen-bond acceptors (Lipinski definition) is 7. The SMILES string of the molecule is COC(=O)c1ccc(NC(=O)Cn2nc3nc(N4CCCC[C@@H]4C)ccn3c2=O)cc1. The van der Waals surface area contributed by atoms with Crippen molar-refractivity contribution in [2.45, 2.75) is 38.8 Å². The summed E-state index contributed by atoms with van der Waals surface area (Å²) in [5.41, 5.74) is 0.438. The second kappa shape index (κ2) is 8.58. The maximum atomic E-state index is 12.6. The zero-order chi connectivity index (χ0) is 22.0. The largest absolute Gasteiger partial charge is 0.465 e. The van der Waals surface area contributed by atoms with Gasteiger partial charge in [0.05, 0.1) is 12.7 Å². The molecule has 10 heteroatoms. The van der Waals surface area contributed by atoms with Crippen LogP contribution in [0.15, 0.2) is 41.3 Å². The van der Waals surface area contributed by atoms with E-state index in [1.165, 1.54) is 17.9 Å². The highest BCUT2D eigenvalue weighted by molar-refractivity contribution is 5.92. The molecule has 0 saturated carbocycles. The number of fused-ring (bicyclic) bond motifs is 1. The van der Waals surface area contributed by atoms with Crippen molar-refractivity contribution in [3.05, 3.63) is 52.6 Å². The minimum Gasteiger partial charge on any atom is -0.465 e. The molecule has 1 fully saturated rings. The Balaban J connectivity index is 1.49. The van der Waals surface area contributed by atoms with E-state index < -0.39 is 17.6 Å². The van der Waals surface area contributed by atoms with Crippen molar-refractivity contribution in [3.8, 4) is 0 Å². The molecular weight excluding hydrogens is 400 g/mol. The van der Waals surface area contributed by atoms with Gasteiger partial charge in [-0.2, -0.15) is 4.98 Å². The first-order valence-electron chi connectivity index (χ1n) is 10.2. The number of esters is 1. The van der Waals surface area contributed by atoms with Gasteiger partial charge in [-0.3, -0.25) is 4.79 Å². The van der Waals surface area contributed by atoms with E-state index in [1.54, 1.807) is 30.5 Å². The Morgan fingerprint density at radius 2 is 1.97 bits per heavy atom. The van der Waals surface area contributed by atoms with Crippen LogP contribution < -0.4 is 15.9 Å². The topological polar surface area (TPSA) is 111 Å². The number of benzene rings is 1. The minimum absolute atomic E-state index is 0.254. The van der Waals surface area contributed by atoms with Crippen LogP contribution in [0.2, 0.25) is 0 Å². The molecule has 1 aliphatic heterocycles. The number of methoxy groups -OCH3 is 1. The Bertz CT molecular complexity index is 1170. The molecule has 4 rings (SSSR count). The average Bonchev–Trinajstić information content (AvgIpc) is 3.08. The number of hydrogen-bond donors (Lipinski definition) is 1. The van der Waals surface area contributed by atoms with Crippen LogP contribution in [-0.4, -0.2) is 50.7 Å². The highest BCUT2D eigenvalue weighted by Gasteiger charge is 2.21. The molecular formula is C21H24N6O4. The van der Waals surface area contributed by atoms with Crippen LogP contribution in [0.5, 0.6) is 0 Å². The van der Waals surface area contributed by atoms with Gasteiger partial charge in [-0.25, -0.2) is 18.7 Å². The molecule has 0 unspecified atom stereocenters. The number of nitrogens with one attached hydrogen (secondary N) is 1. The van der Waals surface area contributed by atoms with Crippen molar-refractivity contribution in [1.29, 1.82) is 0 Å². The fourth-order valence-corrected chi connectivity index (χ4v) is 3.74. The summed E-state index contributed by atoms with van der Waals surface area (Å²) in [6.45, 7) is 2.83. The third kappa shape index (κ3) is 4.27. The molecule has 31 heavy (non-hydrogen) atoms. The van der Waals surface area contributed by atoms with Gasteiger partial charge in [0.2, 0.25) is 5.91 Å². The monoisotopic (exact) mass is 424 g/mol. The number of piperidine rings is 1. The summed E-state index contributed by atoms with van der Waals surface area (Å²) in [6, 6.07) is 8.46. The third-order valence-corrected chi connectivity index (χ3v) is 5.42. The smallest absolute Gasteiger partial charge is 0.352 e. The van der Waals surface area contributed by atoms with Gasteiger partial charge in [0.15, 0.2) is 0 Å². The van der Waals surface area contributed by atoms with Gasteiger partial charge in [0.25, 0.3) is 5.78 Å². The Labute approximate surface area is 178 Å². The number of carbonyl (C=O) groups excluding carboxylic acids is 2. The lowest BCUT2D eigenvalue weighted by atomic mass is 10.0. The van der Waals surface area contributed by atoms with E-state index in [2.05, 4.69) is 32.0 Å². The summed E-state index contributed by atoms with van der Waals surface area (Å²) >= 11 is 0. The standard InChI is InChI=1S/C21H24N6O4/c1-14-5-3-4-11-25(14)17-10-12-26-20(23-17)24-27(21(26)30)13-18(28)22-16-8-6-15(7-9-16)19(29)31-2/h6-10,12,14H,3-5,11,13H2,1-2H3,(H,22,28)/t14-/m0/s1. The van der Waals surface area contributed by atoms with Crippen molar-refractivity contribution in [1.82, 2.24) is 19.2 Å². The molecule has 3 heterocycles. The number of nitrogens with zero attached hydrogens (tertiary/aromatic N) is 5. The molecule has 1 atom stereocenters. The lowest BCUT2D eigenvalue weighted by Crippen LogP contribution is -2.38. The molecule has 0 bridgehead atoms. The molecule has 3 aromatic rings. The fourth-order valence-electron chi connectivity index (χ4n) is 3.74. The van der Waals surface area contributed by atoms with Crippen LogP contribution in [-0.2, 0) is 16.1 Å². The highest BCUT2D eigenvalue weighted by Crippen LogP contribution is 2.22. The zero-order valence-corrected chi connectivity index (χ0v) is 17.4. The van der Waals surface area contributed by atoms with Gasteiger partial charge in [-0.05, 0) is 56.5 Å². The number of aromatic nitrogens is 4. The van der Waals surface area contributed by atoms with Gasteiger partial charge in [0.1, 0.15) is 12.4 Å². The Kier molecular flexibility index (Phi) is 5.70. The molecule has 2 aromatic heterocycles. The quantitative estimate of drug-likeness (QED) is 0.621. The van der Waals surface area contributed by atoms with Crippen LogP contribution >= 0.6 is 0 Å². The molecule has 1 amide bonds. The normalized spacial score (nSPS) is 16.3. The third-order valence-electron chi connectivity index (χ3n) is 5.42. The molecule has 0 radical (unpaired) electrons. The van der Waals surface area contributed by atoms with Gasteiger partial charge >= 0.3 is 11.7 Å². The van der Waals surface area contributed by atoms with Crippen molar-refractivity contribution in [2.24, 2.45) is 0 Å². The van der Waals surface area contributed by atoms with Gasteiger partial charge in [-0.15, -0.1) is 5.10 Å². The summed E-state index contributed by atoms with van der Waals surface area (Å²) in [5, 5.41) is 6.92. The summed E-state index contributed by atoms with van der Waals surface area (Å²) in [5.74, 6) is 0.170. The van der Waals surface area contributed by atoms with Crippen molar-refractivity contribution >= 4 is 29.2 Å². The van der Waals surface area contributed by atoms with E-state index in [0.717, 1.165) is 29.9 Å². The van der Waals surface area contributed by atoms with Crippen molar-refractivity contribution in [3.63, 3.8) is 0 Å². The lowest BCUT2D eigenvalue weighted by molar-refractivity contribution is -0.117. The molecule has 1 aliphatic rings. The van der Waals surface area contributed by atoms with E-state index >= 15 is 0 Å². The first-order chi connectivity index (χ1) is 15.0. The zero-order valence-electron chi connectivity index (χ0n) is 17.4. The fraction of sp³-hybridized carbons (Fsp3) is 0.381. The number of carbonyl (C=O) groups is 2. The summed E-state index contributed by atoms with van der Waals surface area (Å²) in [6.07, 6.45) is 5.07. The molecule has 1 saturated heterocycles. The number of amides is 1. The van der Waals surface area contributed by atoms with E-state index in [4.69, 9.17) is 0 Å². The molecule has 1 N–H and O–H groups in total. The molecule has 0 spiro atoms. The van der Waals surface area contributed by atoms with Gasteiger partial charge < -0.3 is 15.0 Å². The maximum absolute atomic E-state index is 12.6. The predicted molar refractivity (Wildman–Crippen MR) is 114 cm³/mol.